The Balaban J connectivity index is 1.81. The van der Waals surface area contributed by atoms with Gasteiger partial charge in [-0.15, -0.1) is 0 Å². The van der Waals surface area contributed by atoms with Crippen molar-refractivity contribution in [3.8, 4) is 28.3 Å². The molecule has 4 aromatic rings. The van der Waals surface area contributed by atoms with Crippen LogP contribution in [0.3, 0.4) is 0 Å². The van der Waals surface area contributed by atoms with E-state index in [1.807, 2.05) is 24.3 Å². The number of aromatic amines is 1. The molecule has 2 heterocycles. The third-order valence-corrected chi connectivity index (χ3v) is 4.17. The van der Waals surface area contributed by atoms with E-state index in [-0.39, 0.29) is 5.75 Å². The zero-order chi connectivity index (χ0) is 18.1. The lowest BCUT2D eigenvalue weighted by Gasteiger charge is -2.06. The molecular formula is C20H15N3O3. The van der Waals surface area contributed by atoms with E-state index in [4.69, 9.17) is 4.74 Å². The summed E-state index contributed by atoms with van der Waals surface area (Å²) in [5.74, 6) is 0.232. The quantitative estimate of drug-likeness (QED) is 0.552. The van der Waals surface area contributed by atoms with E-state index in [0.717, 1.165) is 11.1 Å². The summed E-state index contributed by atoms with van der Waals surface area (Å²) in [6.45, 7) is 0. The Morgan fingerprint density at radius 3 is 2.62 bits per heavy atom. The minimum Gasteiger partial charge on any atom is -0.507 e. The van der Waals surface area contributed by atoms with Gasteiger partial charge in [-0.1, -0.05) is 6.07 Å². The third kappa shape index (κ3) is 2.77. The first-order chi connectivity index (χ1) is 12.7. The molecule has 0 aliphatic carbocycles. The summed E-state index contributed by atoms with van der Waals surface area (Å²) in [6.07, 6.45) is 3.44. The molecule has 2 aromatic heterocycles. The average molecular weight is 345 g/mol. The molecule has 26 heavy (non-hydrogen) atoms. The number of benzene rings is 2. The maximum Gasteiger partial charge on any atom is 0.337 e. The summed E-state index contributed by atoms with van der Waals surface area (Å²) in [5.41, 5.74) is 4.33. The summed E-state index contributed by atoms with van der Waals surface area (Å²) < 4.78 is 4.74. The number of imidazole rings is 1. The molecule has 2 aromatic carbocycles. The Labute approximate surface area is 149 Å². The molecule has 0 saturated heterocycles. The zero-order valence-electron chi connectivity index (χ0n) is 13.9. The molecule has 6 heteroatoms. The highest BCUT2D eigenvalue weighted by atomic mass is 16.5. The van der Waals surface area contributed by atoms with E-state index >= 15 is 0 Å². The first-order valence-corrected chi connectivity index (χ1v) is 7.97. The van der Waals surface area contributed by atoms with E-state index in [2.05, 4.69) is 15.0 Å². The standard InChI is InChI=1S/C20H15N3O3/c1-26-20(25)14-2-4-16-17(11-14)23-19(22-16)15-10-13(3-5-18(15)24)12-6-8-21-9-7-12/h2-11,24H,1H3,(H,22,23). The number of H-pyrrole nitrogens is 1. The van der Waals surface area contributed by atoms with Gasteiger partial charge in [0.25, 0.3) is 0 Å². The monoisotopic (exact) mass is 345 g/mol. The van der Waals surface area contributed by atoms with E-state index in [9.17, 15) is 9.90 Å². The fourth-order valence-electron chi connectivity index (χ4n) is 2.83. The fraction of sp³-hybridized carbons (Fsp3) is 0.0500. The molecule has 0 atom stereocenters. The van der Waals surface area contributed by atoms with Gasteiger partial charge < -0.3 is 14.8 Å². The second kappa shape index (κ2) is 6.33. The number of nitrogens with one attached hydrogen (secondary N) is 1. The van der Waals surface area contributed by atoms with E-state index < -0.39 is 5.97 Å². The SMILES string of the molecule is COC(=O)c1ccc2nc(-c3cc(-c4ccncc4)ccc3O)[nH]c2c1. The van der Waals surface area contributed by atoms with Crippen molar-refractivity contribution in [1.29, 1.82) is 0 Å². The number of nitrogens with zero attached hydrogens (tertiary/aromatic N) is 2. The van der Waals surface area contributed by atoms with E-state index in [0.29, 0.717) is 28.0 Å². The molecule has 4 rings (SSSR count). The lowest BCUT2D eigenvalue weighted by atomic mass is 10.0. The second-order valence-corrected chi connectivity index (χ2v) is 5.78. The zero-order valence-corrected chi connectivity index (χ0v) is 13.9. The van der Waals surface area contributed by atoms with Crippen molar-refractivity contribution in [2.75, 3.05) is 7.11 Å². The second-order valence-electron chi connectivity index (χ2n) is 5.78. The van der Waals surface area contributed by atoms with Crippen LogP contribution in [0.15, 0.2) is 60.9 Å². The molecular weight excluding hydrogens is 330 g/mol. The smallest absolute Gasteiger partial charge is 0.337 e. The van der Waals surface area contributed by atoms with Gasteiger partial charge >= 0.3 is 5.97 Å². The predicted molar refractivity (Wildman–Crippen MR) is 97.8 cm³/mol. The lowest BCUT2D eigenvalue weighted by Crippen LogP contribution is -2.00. The summed E-state index contributed by atoms with van der Waals surface area (Å²) >= 11 is 0. The van der Waals surface area contributed by atoms with Crippen LogP contribution in [-0.2, 0) is 4.74 Å². The number of esters is 1. The van der Waals surface area contributed by atoms with E-state index in [1.165, 1.54) is 7.11 Å². The normalized spacial score (nSPS) is 10.8. The molecule has 0 spiro atoms. The first kappa shape index (κ1) is 15.8. The molecule has 0 aliphatic heterocycles. The molecule has 128 valence electrons. The van der Waals surface area contributed by atoms with Crippen molar-refractivity contribution in [1.82, 2.24) is 15.0 Å². The topological polar surface area (TPSA) is 88.1 Å². The predicted octanol–water partition coefficient (Wildman–Crippen LogP) is 3.78. The Morgan fingerprint density at radius 1 is 1.04 bits per heavy atom. The number of methoxy groups -OCH3 is 1. The van der Waals surface area contributed by atoms with Crippen LogP contribution >= 0.6 is 0 Å². The maximum absolute atomic E-state index is 11.7. The van der Waals surface area contributed by atoms with E-state index in [1.54, 1.807) is 36.7 Å². The van der Waals surface area contributed by atoms with Gasteiger partial charge in [-0.2, -0.15) is 0 Å². The van der Waals surface area contributed by atoms with Crippen LogP contribution in [0.25, 0.3) is 33.5 Å². The first-order valence-electron chi connectivity index (χ1n) is 7.97. The van der Waals surface area contributed by atoms with Gasteiger partial charge in [-0.25, -0.2) is 9.78 Å². The number of rotatable bonds is 3. The van der Waals surface area contributed by atoms with Crippen LogP contribution in [0.1, 0.15) is 10.4 Å². The van der Waals surface area contributed by atoms with Gasteiger partial charge in [0.05, 0.1) is 29.3 Å². The maximum atomic E-state index is 11.7. The van der Waals surface area contributed by atoms with Gasteiger partial charge in [-0.3, -0.25) is 4.98 Å². The van der Waals surface area contributed by atoms with Crippen molar-refractivity contribution in [2.45, 2.75) is 0 Å². The molecule has 6 nitrogen and oxygen atoms in total. The molecule has 0 radical (unpaired) electrons. The molecule has 0 saturated carbocycles. The molecule has 2 N–H and O–H groups in total. The van der Waals surface area contributed by atoms with Crippen LogP contribution in [0.2, 0.25) is 0 Å². The van der Waals surface area contributed by atoms with Crippen molar-refractivity contribution < 1.29 is 14.6 Å². The van der Waals surface area contributed by atoms with Crippen LogP contribution in [-0.4, -0.2) is 33.1 Å². The Hall–Kier alpha value is -3.67. The number of hydrogen-bond acceptors (Lipinski definition) is 5. The highest BCUT2D eigenvalue weighted by Gasteiger charge is 2.13. The number of ether oxygens (including phenoxy) is 1. The Bertz CT molecular complexity index is 1100. The summed E-state index contributed by atoms with van der Waals surface area (Å²) in [4.78, 5) is 23.4. The van der Waals surface area contributed by atoms with Gasteiger partial charge in [0, 0.05) is 12.4 Å². The van der Waals surface area contributed by atoms with Crippen molar-refractivity contribution >= 4 is 17.0 Å². The van der Waals surface area contributed by atoms with Crippen molar-refractivity contribution in [3.63, 3.8) is 0 Å². The van der Waals surface area contributed by atoms with Crippen LogP contribution in [0.5, 0.6) is 5.75 Å². The van der Waals surface area contributed by atoms with Crippen molar-refractivity contribution in [3.05, 3.63) is 66.5 Å². The fourth-order valence-corrected chi connectivity index (χ4v) is 2.83. The largest absolute Gasteiger partial charge is 0.507 e. The molecule has 0 fully saturated rings. The lowest BCUT2D eigenvalue weighted by molar-refractivity contribution is 0.0601. The highest BCUT2D eigenvalue weighted by molar-refractivity contribution is 5.94. The number of aromatic hydroxyl groups is 1. The van der Waals surface area contributed by atoms with Crippen molar-refractivity contribution in [2.24, 2.45) is 0 Å². The number of phenolic OH excluding ortho intramolecular Hbond substituents is 1. The van der Waals surface area contributed by atoms with Crippen LogP contribution in [0, 0.1) is 0 Å². The summed E-state index contributed by atoms with van der Waals surface area (Å²) in [6, 6.07) is 14.2. The number of phenols is 1. The van der Waals surface area contributed by atoms with Gasteiger partial charge in [-0.05, 0) is 53.6 Å². The number of carbonyl (C=O) groups excluding carboxylic acids is 1. The van der Waals surface area contributed by atoms with Gasteiger partial charge in [0.1, 0.15) is 11.6 Å². The number of pyridine rings is 1. The average Bonchev–Trinajstić information content (AvgIpc) is 3.11. The summed E-state index contributed by atoms with van der Waals surface area (Å²) in [7, 11) is 1.34. The van der Waals surface area contributed by atoms with Crippen LogP contribution in [0.4, 0.5) is 0 Å². The molecule has 0 amide bonds. The van der Waals surface area contributed by atoms with Gasteiger partial charge in [0.15, 0.2) is 0 Å². The molecule has 0 bridgehead atoms. The summed E-state index contributed by atoms with van der Waals surface area (Å²) in [5, 5.41) is 10.3. The third-order valence-electron chi connectivity index (χ3n) is 4.17. The number of carbonyl (C=O) groups is 1. The Kier molecular flexibility index (Phi) is 3.85. The van der Waals surface area contributed by atoms with Crippen LogP contribution < -0.4 is 0 Å². The number of hydrogen-bond donors (Lipinski definition) is 2. The van der Waals surface area contributed by atoms with Gasteiger partial charge in [0.2, 0.25) is 0 Å². The number of fused-ring (bicyclic) bond motifs is 1. The minimum absolute atomic E-state index is 0.120. The number of aromatic nitrogens is 3. The molecule has 0 unspecified atom stereocenters. The Morgan fingerprint density at radius 2 is 1.85 bits per heavy atom. The highest BCUT2D eigenvalue weighted by Crippen LogP contribution is 2.33. The molecule has 0 aliphatic rings. The minimum atomic E-state index is -0.411.